The molecule has 0 radical (unpaired) electrons. The van der Waals surface area contributed by atoms with Gasteiger partial charge in [0.15, 0.2) is 9.84 Å². The summed E-state index contributed by atoms with van der Waals surface area (Å²) in [5.74, 6) is 0.872. The van der Waals surface area contributed by atoms with Gasteiger partial charge in [0, 0.05) is 17.3 Å². The van der Waals surface area contributed by atoms with E-state index in [9.17, 15) is 13.2 Å². The van der Waals surface area contributed by atoms with Gasteiger partial charge in [-0.3, -0.25) is 0 Å². The minimum Gasteiger partial charge on any atom is -0.489 e. The van der Waals surface area contributed by atoms with E-state index in [1.807, 2.05) is 48.5 Å². The lowest BCUT2D eigenvalue weighted by molar-refractivity contribution is 0.249. The van der Waals surface area contributed by atoms with Crippen molar-refractivity contribution in [2.45, 2.75) is 19.1 Å². The first-order valence-electron chi connectivity index (χ1n) is 8.05. The Morgan fingerprint density at radius 1 is 1.08 bits per heavy atom. The van der Waals surface area contributed by atoms with Crippen LogP contribution in [0, 0.1) is 0 Å². The lowest BCUT2D eigenvalue weighted by Crippen LogP contribution is -2.38. The quantitative estimate of drug-likeness (QED) is 0.858. The fourth-order valence-corrected chi connectivity index (χ4v) is 4.37. The second kappa shape index (κ2) is 7.57. The zero-order valence-electron chi connectivity index (χ0n) is 13.6. The molecule has 0 bridgehead atoms. The molecule has 2 aromatic carbocycles. The van der Waals surface area contributed by atoms with E-state index in [0.29, 0.717) is 18.7 Å². The van der Waals surface area contributed by atoms with Crippen molar-refractivity contribution >= 4 is 21.6 Å². The Hall–Kier alpha value is -2.54. The number of carbonyl (C=O) groups excluding carboxylic acids is 1. The molecule has 25 heavy (non-hydrogen) atoms. The summed E-state index contributed by atoms with van der Waals surface area (Å²) in [4.78, 5) is 12.1. The van der Waals surface area contributed by atoms with Crippen molar-refractivity contribution in [1.82, 2.24) is 5.32 Å². The van der Waals surface area contributed by atoms with Gasteiger partial charge in [0.05, 0.1) is 11.5 Å². The highest BCUT2D eigenvalue weighted by atomic mass is 32.2. The van der Waals surface area contributed by atoms with E-state index in [1.165, 1.54) is 0 Å². The highest BCUT2D eigenvalue weighted by Gasteiger charge is 2.28. The van der Waals surface area contributed by atoms with Gasteiger partial charge in [-0.15, -0.1) is 0 Å². The summed E-state index contributed by atoms with van der Waals surface area (Å²) >= 11 is 0. The van der Waals surface area contributed by atoms with Gasteiger partial charge >= 0.3 is 6.03 Å². The van der Waals surface area contributed by atoms with Crippen molar-refractivity contribution in [1.29, 1.82) is 0 Å². The van der Waals surface area contributed by atoms with Gasteiger partial charge in [-0.25, -0.2) is 13.2 Å². The number of rotatable bonds is 5. The van der Waals surface area contributed by atoms with Crippen LogP contribution in [-0.4, -0.2) is 32.0 Å². The third-order valence-electron chi connectivity index (χ3n) is 3.97. The van der Waals surface area contributed by atoms with E-state index in [1.54, 1.807) is 6.07 Å². The standard InChI is InChI=1S/C18H20N2O4S/c21-18(19-15-10-11-25(22,23)13-15)20-17-9-5-4-6-14(17)12-24-16-7-2-1-3-8-16/h1-9,15H,10-13H2,(H2,19,20,21). The van der Waals surface area contributed by atoms with Crippen molar-refractivity contribution < 1.29 is 17.9 Å². The molecule has 3 rings (SSSR count). The molecule has 0 aromatic heterocycles. The molecule has 2 N–H and O–H groups in total. The second-order valence-corrected chi connectivity index (χ2v) is 8.19. The molecule has 2 amide bonds. The highest BCUT2D eigenvalue weighted by molar-refractivity contribution is 7.91. The van der Waals surface area contributed by atoms with Gasteiger partial charge in [0.1, 0.15) is 12.4 Å². The van der Waals surface area contributed by atoms with E-state index >= 15 is 0 Å². The first kappa shape index (κ1) is 17.3. The summed E-state index contributed by atoms with van der Waals surface area (Å²) in [6.07, 6.45) is 0.453. The monoisotopic (exact) mass is 360 g/mol. The zero-order valence-corrected chi connectivity index (χ0v) is 14.5. The smallest absolute Gasteiger partial charge is 0.319 e. The van der Waals surface area contributed by atoms with Gasteiger partial charge in [-0.1, -0.05) is 36.4 Å². The van der Waals surface area contributed by atoms with Crippen LogP contribution in [0.2, 0.25) is 0 Å². The molecule has 0 spiro atoms. The molecule has 1 fully saturated rings. The van der Waals surface area contributed by atoms with Crippen LogP contribution in [-0.2, 0) is 16.4 Å². The molecule has 1 unspecified atom stereocenters. The lowest BCUT2D eigenvalue weighted by atomic mass is 10.2. The molecule has 1 atom stereocenters. The van der Waals surface area contributed by atoms with Crippen LogP contribution in [0.15, 0.2) is 54.6 Å². The molecule has 0 saturated carbocycles. The number of ether oxygens (including phenoxy) is 1. The number of amides is 2. The maximum Gasteiger partial charge on any atom is 0.319 e. The van der Waals surface area contributed by atoms with E-state index in [0.717, 1.165) is 11.3 Å². The van der Waals surface area contributed by atoms with E-state index < -0.39 is 15.9 Å². The SMILES string of the molecule is O=C(Nc1ccccc1COc1ccccc1)NC1CCS(=O)(=O)C1. The predicted octanol–water partition coefficient (Wildman–Crippen LogP) is 2.57. The minimum absolute atomic E-state index is 0.000808. The number of sulfone groups is 1. The number of urea groups is 1. The number of benzene rings is 2. The topological polar surface area (TPSA) is 84.5 Å². The molecule has 132 valence electrons. The Labute approximate surface area is 147 Å². The van der Waals surface area contributed by atoms with Crippen LogP contribution >= 0.6 is 0 Å². The zero-order chi connectivity index (χ0) is 17.7. The van der Waals surface area contributed by atoms with Crippen LogP contribution in [0.1, 0.15) is 12.0 Å². The van der Waals surface area contributed by atoms with Crippen molar-refractivity contribution in [3.8, 4) is 5.75 Å². The fraction of sp³-hybridized carbons (Fsp3) is 0.278. The fourth-order valence-electron chi connectivity index (χ4n) is 2.70. The number of anilines is 1. The summed E-state index contributed by atoms with van der Waals surface area (Å²) in [5, 5.41) is 5.49. The van der Waals surface area contributed by atoms with Crippen LogP contribution in [0.25, 0.3) is 0 Å². The average Bonchev–Trinajstić information content (AvgIpc) is 2.93. The number of hydrogen-bond donors (Lipinski definition) is 2. The van der Waals surface area contributed by atoms with Crippen molar-refractivity contribution in [3.05, 3.63) is 60.2 Å². The molecule has 6 nitrogen and oxygen atoms in total. The molecule has 1 aliphatic heterocycles. The van der Waals surface area contributed by atoms with E-state index in [4.69, 9.17) is 4.74 Å². The van der Waals surface area contributed by atoms with E-state index in [2.05, 4.69) is 10.6 Å². The number of carbonyl (C=O) groups is 1. The van der Waals surface area contributed by atoms with Crippen molar-refractivity contribution in [3.63, 3.8) is 0 Å². The van der Waals surface area contributed by atoms with Gasteiger partial charge in [0.25, 0.3) is 0 Å². The Kier molecular flexibility index (Phi) is 5.23. The van der Waals surface area contributed by atoms with Gasteiger partial charge in [-0.2, -0.15) is 0 Å². The summed E-state index contributed by atoms with van der Waals surface area (Å²) in [5.41, 5.74) is 1.47. The molecular formula is C18H20N2O4S. The van der Waals surface area contributed by atoms with Gasteiger partial charge in [-0.05, 0) is 24.6 Å². The van der Waals surface area contributed by atoms with E-state index in [-0.39, 0.29) is 17.5 Å². The van der Waals surface area contributed by atoms with Crippen molar-refractivity contribution in [2.75, 3.05) is 16.8 Å². The maximum absolute atomic E-state index is 12.1. The Bertz CT molecular complexity index is 837. The van der Waals surface area contributed by atoms with Crippen molar-refractivity contribution in [2.24, 2.45) is 0 Å². The normalized spacial score (nSPS) is 18.5. The Morgan fingerprint density at radius 3 is 2.52 bits per heavy atom. The largest absolute Gasteiger partial charge is 0.489 e. The molecule has 7 heteroatoms. The number of hydrogen-bond acceptors (Lipinski definition) is 4. The summed E-state index contributed by atoms with van der Waals surface area (Å²) < 4.78 is 28.7. The summed E-state index contributed by atoms with van der Waals surface area (Å²) in [6.45, 7) is 0.318. The third kappa shape index (κ3) is 4.96. The second-order valence-electron chi connectivity index (χ2n) is 5.96. The first-order chi connectivity index (χ1) is 12.0. The van der Waals surface area contributed by atoms with Crippen LogP contribution in [0.5, 0.6) is 5.75 Å². The molecule has 1 aliphatic rings. The summed E-state index contributed by atoms with van der Waals surface area (Å²) in [7, 11) is -3.02. The molecule has 1 heterocycles. The molecular weight excluding hydrogens is 340 g/mol. The molecule has 1 saturated heterocycles. The maximum atomic E-state index is 12.1. The van der Waals surface area contributed by atoms with Gasteiger partial charge < -0.3 is 15.4 Å². The molecule has 0 aliphatic carbocycles. The van der Waals surface area contributed by atoms with Crippen LogP contribution in [0.3, 0.4) is 0 Å². The van der Waals surface area contributed by atoms with Gasteiger partial charge in [0.2, 0.25) is 0 Å². The predicted molar refractivity (Wildman–Crippen MR) is 96.4 cm³/mol. The van der Waals surface area contributed by atoms with Crippen LogP contribution in [0.4, 0.5) is 10.5 Å². The first-order valence-corrected chi connectivity index (χ1v) is 9.88. The number of para-hydroxylation sites is 2. The summed E-state index contributed by atoms with van der Waals surface area (Å²) in [6, 6.07) is 16.0. The van der Waals surface area contributed by atoms with Crippen LogP contribution < -0.4 is 15.4 Å². The Morgan fingerprint density at radius 2 is 1.80 bits per heavy atom. The minimum atomic E-state index is -3.02. The third-order valence-corrected chi connectivity index (χ3v) is 5.74. The number of nitrogens with one attached hydrogen (secondary N) is 2. The lowest BCUT2D eigenvalue weighted by Gasteiger charge is -2.15. The highest BCUT2D eigenvalue weighted by Crippen LogP contribution is 2.19. The molecule has 2 aromatic rings. The average molecular weight is 360 g/mol. The Balaban J connectivity index is 1.59.